The van der Waals surface area contributed by atoms with Crippen molar-refractivity contribution in [2.45, 2.75) is 52.1 Å². The van der Waals surface area contributed by atoms with Gasteiger partial charge in [0.2, 0.25) is 0 Å². The molecule has 1 aliphatic carbocycles. The Bertz CT molecular complexity index is 388. The summed E-state index contributed by atoms with van der Waals surface area (Å²) in [7, 11) is 0. The Morgan fingerprint density at radius 2 is 1.85 bits per heavy atom. The molecule has 1 N–H and O–H groups in total. The maximum absolute atomic E-state index is 12.1. The molecule has 1 saturated heterocycles. The maximum Gasteiger partial charge on any atom is 0.410 e. The quantitative estimate of drug-likeness (QED) is 0.803. The monoisotopic (exact) mass is 283 g/mol. The van der Waals surface area contributed by atoms with Gasteiger partial charge < -0.3 is 14.7 Å². The lowest BCUT2D eigenvalue weighted by Crippen LogP contribution is -2.47. The molecule has 1 amide bonds. The zero-order valence-electron chi connectivity index (χ0n) is 12.6. The number of likely N-dealkylation sites (tertiary alicyclic amines) is 1. The summed E-state index contributed by atoms with van der Waals surface area (Å²) in [6.45, 7) is 7.01. The van der Waals surface area contributed by atoms with Crippen molar-refractivity contribution in [2.24, 2.45) is 17.8 Å². The van der Waals surface area contributed by atoms with Gasteiger partial charge in [-0.1, -0.05) is 0 Å². The Kier molecular flexibility index (Phi) is 4.25. The molecule has 2 aliphatic rings. The number of amides is 1. The number of carbonyl (C=O) groups is 2. The first-order chi connectivity index (χ1) is 9.26. The van der Waals surface area contributed by atoms with Crippen molar-refractivity contribution in [2.75, 3.05) is 13.1 Å². The molecule has 1 saturated carbocycles. The van der Waals surface area contributed by atoms with Crippen LogP contribution < -0.4 is 0 Å². The molecule has 0 aromatic carbocycles. The highest BCUT2D eigenvalue weighted by molar-refractivity contribution is 5.70. The molecule has 1 aliphatic heterocycles. The van der Waals surface area contributed by atoms with Gasteiger partial charge >= 0.3 is 12.1 Å². The summed E-state index contributed by atoms with van der Waals surface area (Å²) >= 11 is 0. The number of carbonyl (C=O) groups excluding carboxylic acids is 1. The molecule has 2 rings (SSSR count). The molecule has 0 radical (unpaired) electrons. The van der Waals surface area contributed by atoms with Crippen LogP contribution in [-0.4, -0.2) is 40.8 Å². The lowest BCUT2D eigenvalue weighted by Gasteiger charge is -2.42. The van der Waals surface area contributed by atoms with Crippen LogP contribution in [0.3, 0.4) is 0 Å². The van der Waals surface area contributed by atoms with E-state index in [1.807, 2.05) is 20.8 Å². The SMILES string of the molecule is CC(C)(C)OC(=O)N1CC[C@@H]2C[C@H](C(=O)O)CC[C@@H]2C1. The van der Waals surface area contributed by atoms with Gasteiger partial charge in [0.15, 0.2) is 0 Å². The fraction of sp³-hybridized carbons (Fsp3) is 0.867. The Balaban J connectivity index is 1.90. The van der Waals surface area contributed by atoms with Crippen LogP contribution in [0.4, 0.5) is 4.79 Å². The van der Waals surface area contributed by atoms with Gasteiger partial charge in [-0.3, -0.25) is 4.79 Å². The van der Waals surface area contributed by atoms with Crippen molar-refractivity contribution in [1.29, 1.82) is 0 Å². The third-order valence-corrected chi connectivity index (χ3v) is 4.37. The molecule has 1 heterocycles. The van der Waals surface area contributed by atoms with Crippen LogP contribution in [0.1, 0.15) is 46.5 Å². The molecule has 0 unspecified atom stereocenters. The van der Waals surface area contributed by atoms with Crippen LogP contribution in [-0.2, 0) is 9.53 Å². The Morgan fingerprint density at radius 3 is 2.45 bits per heavy atom. The summed E-state index contributed by atoms with van der Waals surface area (Å²) in [5.74, 6) is 0.0257. The molecular weight excluding hydrogens is 258 g/mol. The number of nitrogens with zero attached hydrogens (tertiary/aromatic N) is 1. The summed E-state index contributed by atoms with van der Waals surface area (Å²) in [6, 6.07) is 0. The van der Waals surface area contributed by atoms with E-state index in [0.29, 0.717) is 24.9 Å². The highest BCUT2D eigenvalue weighted by atomic mass is 16.6. The number of carboxylic acids is 1. The lowest BCUT2D eigenvalue weighted by molar-refractivity contribution is -0.144. The number of carboxylic acid groups (broad SMARTS) is 1. The van der Waals surface area contributed by atoms with Gasteiger partial charge in [-0.05, 0) is 58.3 Å². The van der Waals surface area contributed by atoms with Crippen molar-refractivity contribution < 1.29 is 19.4 Å². The van der Waals surface area contributed by atoms with Crippen LogP contribution in [0.2, 0.25) is 0 Å². The van der Waals surface area contributed by atoms with Crippen molar-refractivity contribution >= 4 is 12.1 Å². The molecule has 3 atom stereocenters. The average Bonchev–Trinajstić information content (AvgIpc) is 2.35. The van der Waals surface area contributed by atoms with Crippen molar-refractivity contribution in [3.63, 3.8) is 0 Å². The molecule has 2 fully saturated rings. The number of fused-ring (bicyclic) bond motifs is 1. The third-order valence-electron chi connectivity index (χ3n) is 4.37. The predicted molar refractivity (Wildman–Crippen MR) is 74.4 cm³/mol. The number of ether oxygens (including phenoxy) is 1. The fourth-order valence-electron chi connectivity index (χ4n) is 3.33. The fourth-order valence-corrected chi connectivity index (χ4v) is 3.33. The number of hydrogen-bond donors (Lipinski definition) is 1. The maximum atomic E-state index is 12.1. The van der Waals surface area contributed by atoms with Gasteiger partial charge in [0.05, 0.1) is 5.92 Å². The number of rotatable bonds is 1. The van der Waals surface area contributed by atoms with Gasteiger partial charge in [0.1, 0.15) is 5.60 Å². The van der Waals surface area contributed by atoms with E-state index in [0.717, 1.165) is 25.7 Å². The first-order valence-corrected chi connectivity index (χ1v) is 7.47. The Morgan fingerprint density at radius 1 is 1.15 bits per heavy atom. The molecule has 114 valence electrons. The summed E-state index contributed by atoms with van der Waals surface area (Å²) in [5, 5.41) is 9.11. The molecule has 0 aromatic heterocycles. The number of hydrogen-bond acceptors (Lipinski definition) is 3. The highest BCUT2D eigenvalue weighted by Crippen LogP contribution is 2.39. The summed E-state index contributed by atoms with van der Waals surface area (Å²) in [4.78, 5) is 24.9. The van der Waals surface area contributed by atoms with Crippen molar-refractivity contribution in [3.05, 3.63) is 0 Å². The predicted octanol–water partition coefficient (Wildman–Crippen LogP) is 2.74. The molecule has 0 bridgehead atoms. The van der Waals surface area contributed by atoms with E-state index < -0.39 is 11.6 Å². The zero-order valence-corrected chi connectivity index (χ0v) is 12.6. The van der Waals surface area contributed by atoms with Crippen LogP contribution in [0.15, 0.2) is 0 Å². The highest BCUT2D eigenvalue weighted by Gasteiger charge is 2.39. The summed E-state index contributed by atoms with van der Waals surface area (Å²) in [6.07, 6.45) is 3.06. The largest absolute Gasteiger partial charge is 0.481 e. The van der Waals surface area contributed by atoms with Gasteiger partial charge in [-0.2, -0.15) is 0 Å². The molecule has 20 heavy (non-hydrogen) atoms. The second-order valence-electron chi connectivity index (χ2n) is 7.08. The van der Waals surface area contributed by atoms with Gasteiger partial charge in [0, 0.05) is 13.1 Å². The molecule has 5 nitrogen and oxygen atoms in total. The van der Waals surface area contributed by atoms with Gasteiger partial charge in [-0.15, -0.1) is 0 Å². The first kappa shape index (κ1) is 15.1. The van der Waals surface area contributed by atoms with Crippen LogP contribution >= 0.6 is 0 Å². The topological polar surface area (TPSA) is 66.8 Å². The lowest BCUT2D eigenvalue weighted by atomic mass is 9.71. The molecular formula is C15H25NO4. The van der Waals surface area contributed by atoms with Gasteiger partial charge in [-0.25, -0.2) is 4.79 Å². The van der Waals surface area contributed by atoms with Crippen LogP contribution in [0.5, 0.6) is 0 Å². The van der Waals surface area contributed by atoms with Crippen molar-refractivity contribution in [1.82, 2.24) is 4.90 Å². The van der Waals surface area contributed by atoms with E-state index >= 15 is 0 Å². The summed E-state index contributed by atoms with van der Waals surface area (Å²) in [5.41, 5.74) is -0.463. The first-order valence-electron chi connectivity index (χ1n) is 7.47. The number of piperidine rings is 1. The van der Waals surface area contributed by atoms with E-state index in [-0.39, 0.29) is 12.0 Å². The summed E-state index contributed by atoms with van der Waals surface area (Å²) < 4.78 is 5.41. The van der Waals surface area contributed by atoms with Crippen molar-refractivity contribution in [3.8, 4) is 0 Å². The van der Waals surface area contributed by atoms with E-state index in [9.17, 15) is 9.59 Å². The zero-order chi connectivity index (χ0) is 14.9. The van der Waals surface area contributed by atoms with E-state index in [1.165, 1.54) is 0 Å². The van der Waals surface area contributed by atoms with Crippen LogP contribution in [0.25, 0.3) is 0 Å². The van der Waals surface area contributed by atoms with E-state index in [4.69, 9.17) is 9.84 Å². The second-order valence-corrected chi connectivity index (χ2v) is 7.08. The van der Waals surface area contributed by atoms with Gasteiger partial charge in [0.25, 0.3) is 0 Å². The third kappa shape index (κ3) is 3.64. The van der Waals surface area contributed by atoms with E-state index in [2.05, 4.69) is 0 Å². The minimum absolute atomic E-state index is 0.190. The standard InChI is InChI=1S/C15H25NO4/c1-15(2,3)20-14(19)16-7-6-10-8-11(13(17)18)4-5-12(10)9-16/h10-12H,4-9H2,1-3H3,(H,17,18)/t10-,11-,12-/m1/s1. The second kappa shape index (κ2) is 5.62. The van der Waals surface area contributed by atoms with E-state index in [1.54, 1.807) is 4.90 Å². The minimum atomic E-state index is -0.668. The number of aliphatic carboxylic acids is 1. The molecule has 0 aromatic rings. The minimum Gasteiger partial charge on any atom is -0.481 e. The Hall–Kier alpha value is -1.26. The molecule has 0 spiro atoms. The average molecular weight is 283 g/mol. The Labute approximate surface area is 120 Å². The molecule has 5 heteroatoms. The normalized spacial score (nSPS) is 30.6. The van der Waals surface area contributed by atoms with Crippen LogP contribution in [0, 0.1) is 17.8 Å². The smallest absolute Gasteiger partial charge is 0.410 e.